The number of fused-ring (bicyclic) bond motifs is 1. The van der Waals surface area contributed by atoms with E-state index in [1.165, 1.54) is 28.9 Å². The molecule has 0 unspecified atom stereocenters. The van der Waals surface area contributed by atoms with Crippen LogP contribution in [0.25, 0.3) is 10.9 Å². The SMILES string of the molecule is Cc1nn([C@H](C)[C@](O)(Cn2cncn2)c2ccc(F)cc2F)c2c(F)cc(F)cc12. The van der Waals surface area contributed by atoms with E-state index in [1.54, 1.807) is 6.92 Å². The molecule has 4 aromatic rings. The maximum Gasteiger partial charge on any atom is 0.152 e. The highest BCUT2D eigenvalue weighted by Crippen LogP contribution is 2.39. The highest BCUT2D eigenvalue weighted by atomic mass is 19.1. The van der Waals surface area contributed by atoms with Crippen LogP contribution in [0, 0.1) is 30.2 Å². The van der Waals surface area contributed by atoms with Gasteiger partial charge in [0.15, 0.2) is 5.82 Å². The van der Waals surface area contributed by atoms with E-state index in [0.717, 1.165) is 18.2 Å². The number of hydrogen-bond donors (Lipinski definition) is 1. The molecule has 2 heterocycles. The fraction of sp³-hybridized carbons (Fsp3) is 0.250. The number of nitrogens with zero attached hydrogens (tertiary/aromatic N) is 5. The predicted octanol–water partition coefficient (Wildman–Crippen LogP) is 3.64. The van der Waals surface area contributed by atoms with Gasteiger partial charge in [0.2, 0.25) is 0 Å². The molecule has 0 aliphatic rings. The summed E-state index contributed by atoms with van der Waals surface area (Å²) in [5, 5.41) is 20.1. The summed E-state index contributed by atoms with van der Waals surface area (Å²) in [6.07, 6.45) is 2.56. The van der Waals surface area contributed by atoms with Gasteiger partial charge < -0.3 is 5.11 Å². The van der Waals surface area contributed by atoms with Crippen LogP contribution in [0.15, 0.2) is 43.0 Å². The topological polar surface area (TPSA) is 68.8 Å². The first kappa shape index (κ1) is 20.0. The number of halogens is 4. The second-order valence-corrected chi connectivity index (χ2v) is 7.13. The largest absolute Gasteiger partial charge is 0.381 e. The molecule has 0 bridgehead atoms. The molecule has 2 aromatic carbocycles. The summed E-state index contributed by atoms with van der Waals surface area (Å²) in [6.45, 7) is 2.80. The lowest BCUT2D eigenvalue weighted by atomic mass is 9.86. The third-order valence-electron chi connectivity index (χ3n) is 5.23. The van der Waals surface area contributed by atoms with Crippen LogP contribution < -0.4 is 0 Å². The first-order valence-electron chi connectivity index (χ1n) is 9.05. The van der Waals surface area contributed by atoms with Crippen LogP contribution in [0.3, 0.4) is 0 Å². The van der Waals surface area contributed by atoms with Crippen molar-refractivity contribution >= 4 is 10.9 Å². The highest BCUT2D eigenvalue weighted by molar-refractivity contribution is 5.82. The van der Waals surface area contributed by atoms with E-state index in [1.807, 2.05) is 0 Å². The van der Waals surface area contributed by atoms with Crippen molar-refractivity contribution in [3.8, 4) is 0 Å². The van der Waals surface area contributed by atoms with Crippen LogP contribution in [0.2, 0.25) is 0 Å². The smallest absolute Gasteiger partial charge is 0.152 e. The Labute approximate surface area is 168 Å². The lowest BCUT2D eigenvalue weighted by Gasteiger charge is -2.35. The molecule has 2 aromatic heterocycles. The molecule has 0 saturated heterocycles. The molecule has 0 saturated carbocycles. The van der Waals surface area contributed by atoms with E-state index in [0.29, 0.717) is 17.8 Å². The summed E-state index contributed by atoms with van der Waals surface area (Å²) in [7, 11) is 0. The van der Waals surface area contributed by atoms with Crippen LogP contribution in [-0.2, 0) is 12.1 Å². The van der Waals surface area contributed by atoms with Crippen molar-refractivity contribution < 1.29 is 22.7 Å². The summed E-state index contributed by atoms with van der Waals surface area (Å²) in [5.74, 6) is -3.43. The van der Waals surface area contributed by atoms with E-state index >= 15 is 0 Å². The normalized spacial score (nSPS) is 14.8. The van der Waals surface area contributed by atoms with Crippen LogP contribution in [-0.4, -0.2) is 29.7 Å². The first-order chi connectivity index (χ1) is 14.2. The molecule has 10 heteroatoms. The summed E-state index contributed by atoms with van der Waals surface area (Å²) in [6, 6.07) is 3.57. The molecule has 0 amide bonds. The Bertz CT molecular complexity index is 1220. The van der Waals surface area contributed by atoms with Crippen molar-refractivity contribution in [3.63, 3.8) is 0 Å². The van der Waals surface area contributed by atoms with Gasteiger partial charge in [-0.1, -0.05) is 6.07 Å². The number of aliphatic hydroxyl groups is 1. The zero-order valence-corrected chi connectivity index (χ0v) is 16.0. The molecule has 2 atom stereocenters. The minimum atomic E-state index is -2.03. The molecule has 30 heavy (non-hydrogen) atoms. The zero-order chi connectivity index (χ0) is 21.6. The van der Waals surface area contributed by atoms with Gasteiger partial charge in [-0.25, -0.2) is 27.2 Å². The van der Waals surface area contributed by atoms with E-state index < -0.39 is 34.9 Å². The number of rotatable bonds is 5. The van der Waals surface area contributed by atoms with Crippen LogP contribution >= 0.6 is 0 Å². The molecule has 0 radical (unpaired) electrons. The highest BCUT2D eigenvalue weighted by Gasteiger charge is 2.41. The molecular weight excluding hydrogens is 402 g/mol. The van der Waals surface area contributed by atoms with Gasteiger partial charge in [-0.15, -0.1) is 0 Å². The number of benzene rings is 2. The van der Waals surface area contributed by atoms with Crippen LogP contribution in [0.4, 0.5) is 17.6 Å². The fourth-order valence-electron chi connectivity index (χ4n) is 3.67. The zero-order valence-electron chi connectivity index (χ0n) is 16.0. The van der Waals surface area contributed by atoms with Gasteiger partial charge in [-0.05, 0) is 26.0 Å². The van der Waals surface area contributed by atoms with E-state index in [2.05, 4.69) is 15.2 Å². The number of aromatic nitrogens is 5. The second-order valence-electron chi connectivity index (χ2n) is 7.13. The second kappa shape index (κ2) is 7.21. The Hall–Kier alpha value is -3.27. The predicted molar refractivity (Wildman–Crippen MR) is 99.4 cm³/mol. The van der Waals surface area contributed by atoms with Gasteiger partial charge in [0.25, 0.3) is 0 Å². The Balaban J connectivity index is 1.93. The molecule has 1 N–H and O–H groups in total. The molecule has 156 valence electrons. The van der Waals surface area contributed by atoms with Crippen molar-refractivity contribution in [1.82, 2.24) is 24.5 Å². The van der Waals surface area contributed by atoms with Gasteiger partial charge in [0.05, 0.1) is 18.3 Å². The van der Waals surface area contributed by atoms with E-state index in [-0.39, 0.29) is 23.0 Å². The van der Waals surface area contributed by atoms with Gasteiger partial charge >= 0.3 is 0 Å². The fourth-order valence-corrected chi connectivity index (χ4v) is 3.67. The molecule has 0 aliphatic heterocycles. The first-order valence-corrected chi connectivity index (χ1v) is 9.05. The van der Waals surface area contributed by atoms with Crippen molar-refractivity contribution in [2.24, 2.45) is 0 Å². The third kappa shape index (κ3) is 3.22. The minimum absolute atomic E-state index is 0.0408. The van der Waals surface area contributed by atoms with Gasteiger partial charge in [-0.3, -0.25) is 4.68 Å². The molecule has 6 nitrogen and oxygen atoms in total. The Kier molecular flexibility index (Phi) is 4.81. The van der Waals surface area contributed by atoms with Crippen LogP contribution in [0.5, 0.6) is 0 Å². The Morgan fingerprint density at radius 1 is 1.07 bits per heavy atom. The summed E-state index contributed by atoms with van der Waals surface area (Å²) < 4.78 is 59.0. The average Bonchev–Trinajstić information content (AvgIpc) is 3.29. The average molecular weight is 419 g/mol. The van der Waals surface area contributed by atoms with Gasteiger partial charge in [0, 0.05) is 23.1 Å². The summed E-state index contributed by atoms with van der Waals surface area (Å²) in [4.78, 5) is 3.81. The Morgan fingerprint density at radius 2 is 1.80 bits per heavy atom. The van der Waals surface area contributed by atoms with Crippen molar-refractivity contribution in [2.75, 3.05) is 0 Å². The van der Waals surface area contributed by atoms with Crippen molar-refractivity contribution in [3.05, 3.63) is 77.5 Å². The molecule has 4 rings (SSSR count). The maximum absolute atomic E-state index is 14.7. The minimum Gasteiger partial charge on any atom is -0.381 e. The number of hydrogen-bond acceptors (Lipinski definition) is 4. The summed E-state index contributed by atoms with van der Waals surface area (Å²) >= 11 is 0. The lowest BCUT2D eigenvalue weighted by molar-refractivity contribution is -0.0356. The Morgan fingerprint density at radius 3 is 2.47 bits per heavy atom. The van der Waals surface area contributed by atoms with E-state index in [9.17, 15) is 22.7 Å². The quantitative estimate of drug-likeness (QED) is 0.502. The van der Waals surface area contributed by atoms with Gasteiger partial charge in [-0.2, -0.15) is 10.2 Å². The molecule has 0 fully saturated rings. The standard InChI is InChI=1S/C20H17F4N5O/c1-11-15-5-14(22)7-18(24)19(15)29(27-11)12(2)20(30,8-28-10-25-9-26-28)16-4-3-13(21)6-17(16)23/h3-7,9-10,12,30H,8H2,1-2H3/t12-,20-/m1/s1. The van der Waals surface area contributed by atoms with Crippen molar-refractivity contribution in [2.45, 2.75) is 32.0 Å². The molecular formula is C20H17F4N5O. The van der Waals surface area contributed by atoms with Crippen molar-refractivity contribution in [1.29, 1.82) is 0 Å². The summed E-state index contributed by atoms with van der Waals surface area (Å²) in [5.41, 5.74) is -1.97. The van der Waals surface area contributed by atoms with Crippen LogP contribution in [0.1, 0.15) is 24.2 Å². The molecule has 0 aliphatic carbocycles. The third-order valence-corrected chi connectivity index (χ3v) is 5.23. The number of aryl methyl sites for hydroxylation is 1. The maximum atomic E-state index is 14.7. The monoisotopic (exact) mass is 419 g/mol. The molecule has 0 spiro atoms. The van der Waals surface area contributed by atoms with Gasteiger partial charge in [0.1, 0.15) is 41.2 Å². The lowest BCUT2D eigenvalue weighted by Crippen LogP contribution is -2.41. The van der Waals surface area contributed by atoms with E-state index in [4.69, 9.17) is 0 Å².